The predicted octanol–water partition coefficient (Wildman–Crippen LogP) is 1.34. The number of aryl methyl sites for hydroxylation is 1. The largest absolute Gasteiger partial charge is 0.504 e. The van der Waals surface area contributed by atoms with Crippen LogP contribution in [0.1, 0.15) is 5.69 Å². The van der Waals surface area contributed by atoms with Gasteiger partial charge in [-0.25, -0.2) is 14.2 Å². The molecule has 0 aliphatic heterocycles. The van der Waals surface area contributed by atoms with Gasteiger partial charge in [0.2, 0.25) is 5.82 Å². The molecule has 0 radical (unpaired) electrons. The summed E-state index contributed by atoms with van der Waals surface area (Å²) in [4.78, 5) is 8.15. The van der Waals surface area contributed by atoms with Crippen LogP contribution in [0.4, 0.5) is 5.82 Å². The lowest BCUT2D eigenvalue weighted by Crippen LogP contribution is -2.09. The molecule has 1 heterocycles. The van der Waals surface area contributed by atoms with Crippen LogP contribution in [0.5, 0.6) is 17.4 Å². The molecule has 1 unspecified atom stereocenters. The van der Waals surface area contributed by atoms with Crippen molar-refractivity contribution in [2.24, 2.45) is 0 Å². The first-order chi connectivity index (χ1) is 9.52. The molecule has 0 spiro atoms. The Labute approximate surface area is 117 Å². The predicted molar refractivity (Wildman–Crippen MR) is 73.1 cm³/mol. The van der Waals surface area contributed by atoms with E-state index in [1.807, 2.05) is 0 Å². The molecule has 1 aromatic heterocycles. The molecule has 0 saturated carbocycles. The summed E-state index contributed by atoms with van der Waals surface area (Å²) in [5.41, 5.74) is 0.651. The number of phenolic OH excluding ortho intramolecular Hbond substituents is 2. The van der Waals surface area contributed by atoms with Crippen LogP contribution in [-0.4, -0.2) is 31.5 Å². The minimum absolute atomic E-state index is 0.0365. The molecule has 1 atom stereocenters. The van der Waals surface area contributed by atoms with E-state index in [-0.39, 0.29) is 22.3 Å². The number of phenols is 2. The molecule has 1 aromatic carbocycles. The highest BCUT2D eigenvalue weighted by atomic mass is 32.2. The van der Waals surface area contributed by atoms with Crippen molar-refractivity contribution in [3.8, 4) is 17.4 Å². The van der Waals surface area contributed by atoms with Gasteiger partial charge in [-0.3, -0.25) is 4.72 Å². The molecule has 0 saturated heterocycles. The third kappa shape index (κ3) is 2.80. The number of ether oxygens (including phenoxy) is 1. The highest BCUT2D eigenvalue weighted by Crippen LogP contribution is 2.31. The maximum atomic E-state index is 12.1. The quantitative estimate of drug-likeness (QED) is 0.735. The number of hydrogen-bond donors (Lipinski definition) is 3. The lowest BCUT2D eigenvalue weighted by atomic mass is 10.3. The molecule has 0 aliphatic carbocycles. The van der Waals surface area contributed by atoms with Gasteiger partial charge in [0.25, 0.3) is 5.88 Å². The number of nitrogens with zero attached hydrogens (tertiary/aromatic N) is 2. The van der Waals surface area contributed by atoms with Crippen LogP contribution in [-0.2, 0) is 11.0 Å². The molecule has 3 N–H and O–H groups in total. The van der Waals surface area contributed by atoms with Crippen molar-refractivity contribution in [1.29, 1.82) is 0 Å². The van der Waals surface area contributed by atoms with Gasteiger partial charge < -0.3 is 14.9 Å². The van der Waals surface area contributed by atoms with Crippen LogP contribution in [0.15, 0.2) is 29.3 Å². The van der Waals surface area contributed by atoms with Gasteiger partial charge in [-0.1, -0.05) is 6.07 Å². The van der Waals surface area contributed by atoms with Gasteiger partial charge in [-0.2, -0.15) is 0 Å². The molecule has 0 bridgehead atoms. The number of anilines is 1. The van der Waals surface area contributed by atoms with Crippen LogP contribution in [0, 0.1) is 6.92 Å². The first-order valence-electron chi connectivity index (χ1n) is 5.60. The molecule has 0 amide bonds. The van der Waals surface area contributed by atoms with E-state index in [4.69, 9.17) is 4.74 Å². The van der Waals surface area contributed by atoms with Crippen molar-refractivity contribution < 1.29 is 19.2 Å². The summed E-state index contributed by atoms with van der Waals surface area (Å²) in [6.45, 7) is 1.75. The minimum atomic E-state index is -1.82. The van der Waals surface area contributed by atoms with Gasteiger partial charge >= 0.3 is 0 Å². The molecule has 106 valence electrons. The van der Waals surface area contributed by atoms with E-state index in [0.717, 1.165) is 0 Å². The van der Waals surface area contributed by atoms with Crippen molar-refractivity contribution in [2.75, 3.05) is 11.8 Å². The third-order valence-corrected chi connectivity index (χ3v) is 3.53. The lowest BCUT2D eigenvalue weighted by Gasteiger charge is -2.10. The van der Waals surface area contributed by atoms with E-state index in [0.29, 0.717) is 5.69 Å². The normalized spacial score (nSPS) is 11.9. The van der Waals surface area contributed by atoms with Gasteiger partial charge in [0, 0.05) is 0 Å². The van der Waals surface area contributed by atoms with Crippen LogP contribution in [0.25, 0.3) is 0 Å². The Kier molecular flexibility index (Phi) is 4.04. The molecular weight excluding hydrogens is 282 g/mol. The van der Waals surface area contributed by atoms with Gasteiger partial charge in [0.05, 0.1) is 19.0 Å². The number of para-hydroxylation sites is 1. The molecule has 2 rings (SSSR count). The monoisotopic (exact) mass is 295 g/mol. The number of methoxy groups -OCH3 is 1. The van der Waals surface area contributed by atoms with Gasteiger partial charge in [-0.15, -0.1) is 0 Å². The fraction of sp³-hybridized carbons (Fsp3) is 0.167. The van der Waals surface area contributed by atoms with Gasteiger partial charge in [0.15, 0.2) is 22.5 Å². The Morgan fingerprint density at radius 1 is 1.35 bits per heavy atom. The Hall–Kier alpha value is -2.35. The second-order valence-electron chi connectivity index (χ2n) is 3.86. The van der Waals surface area contributed by atoms with E-state index < -0.39 is 16.7 Å². The fourth-order valence-electron chi connectivity index (χ4n) is 1.47. The zero-order chi connectivity index (χ0) is 14.7. The average molecular weight is 295 g/mol. The molecule has 7 nitrogen and oxygen atoms in total. The SMILES string of the molecule is COc1nc(C)cnc1NS(=O)c1cccc(O)c1O. The average Bonchev–Trinajstić information content (AvgIpc) is 2.43. The van der Waals surface area contributed by atoms with Crippen molar-refractivity contribution in [3.05, 3.63) is 30.1 Å². The smallest absolute Gasteiger partial charge is 0.258 e. The molecule has 0 fully saturated rings. The number of hydrogen-bond acceptors (Lipinski definition) is 6. The van der Waals surface area contributed by atoms with Gasteiger partial charge in [0.1, 0.15) is 4.90 Å². The number of benzene rings is 1. The summed E-state index contributed by atoms with van der Waals surface area (Å²) in [6, 6.07) is 4.19. The number of nitrogens with one attached hydrogen (secondary N) is 1. The standard InChI is InChI=1S/C12H13N3O4S/c1-7-6-13-11(12(14-7)19-2)15-20(18)9-5-3-4-8(16)10(9)17/h3-6,16-17H,1-2H3,(H,13,15). The number of aromatic hydroxyl groups is 2. The first kappa shape index (κ1) is 14.1. The second-order valence-corrected chi connectivity index (χ2v) is 5.05. The van der Waals surface area contributed by atoms with E-state index in [1.165, 1.54) is 31.5 Å². The van der Waals surface area contributed by atoms with Crippen molar-refractivity contribution in [2.45, 2.75) is 11.8 Å². The van der Waals surface area contributed by atoms with Gasteiger partial charge in [-0.05, 0) is 19.1 Å². The van der Waals surface area contributed by atoms with Crippen molar-refractivity contribution in [3.63, 3.8) is 0 Å². The van der Waals surface area contributed by atoms with Crippen LogP contribution in [0.2, 0.25) is 0 Å². The Morgan fingerprint density at radius 3 is 2.80 bits per heavy atom. The summed E-state index contributed by atoms with van der Waals surface area (Å²) in [6.07, 6.45) is 1.49. The maximum Gasteiger partial charge on any atom is 0.258 e. The third-order valence-electron chi connectivity index (χ3n) is 2.42. The minimum Gasteiger partial charge on any atom is -0.504 e. The zero-order valence-corrected chi connectivity index (χ0v) is 11.6. The van der Waals surface area contributed by atoms with E-state index in [2.05, 4.69) is 14.7 Å². The fourth-order valence-corrected chi connectivity index (χ4v) is 2.38. The number of rotatable bonds is 4. The Balaban J connectivity index is 2.30. The summed E-state index contributed by atoms with van der Waals surface area (Å²) in [5, 5.41) is 19.1. The lowest BCUT2D eigenvalue weighted by molar-refractivity contribution is 0.394. The summed E-state index contributed by atoms with van der Waals surface area (Å²) >= 11 is 0. The Morgan fingerprint density at radius 2 is 2.10 bits per heavy atom. The molecule has 8 heteroatoms. The summed E-state index contributed by atoms with van der Waals surface area (Å²) in [7, 11) is -0.397. The van der Waals surface area contributed by atoms with Crippen molar-refractivity contribution >= 4 is 16.8 Å². The molecular formula is C12H13N3O4S. The number of aromatic nitrogens is 2. The highest BCUT2D eigenvalue weighted by molar-refractivity contribution is 7.86. The molecule has 2 aromatic rings. The summed E-state index contributed by atoms with van der Waals surface area (Å²) in [5.74, 6) is -0.422. The first-order valence-corrected chi connectivity index (χ1v) is 6.75. The molecule has 0 aliphatic rings. The van der Waals surface area contributed by atoms with E-state index >= 15 is 0 Å². The van der Waals surface area contributed by atoms with Crippen LogP contribution < -0.4 is 9.46 Å². The van der Waals surface area contributed by atoms with E-state index in [1.54, 1.807) is 6.92 Å². The summed E-state index contributed by atoms with van der Waals surface area (Å²) < 4.78 is 19.8. The highest BCUT2D eigenvalue weighted by Gasteiger charge is 2.16. The maximum absolute atomic E-state index is 12.1. The topological polar surface area (TPSA) is 105 Å². The molecule has 20 heavy (non-hydrogen) atoms. The Bertz CT molecular complexity index is 663. The zero-order valence-electron chi connectivity index (χ0n) is 10.8. The van der Waals surface area contributed by atoms with Crippen LogP contribution in [0.3, 0.4) is 0 Å². The van der Waals surface area contributed by atoms with Crippen molar-refractivity contribution in [1.82, 2.24) is 9.97 Å². The second kappa shape index (κ2) is 5.74. The van der Waals surface area contributed by atoms with Crippen LogP contribution >= 0.6 is 0 Å². The van der Waals surface area contributed by atoms with E-state index in [9.17, 15) is 14.4 Å².